The van der Waals surface area contributed by atoms with Gasteiger partial charge in [0.1, 0.15) is 0 Å². The fourth-order valence-corrected chi connectivity index (χ4v) is 3.80. The normalized spacial score (nSPS) is 30.3. The molecule has 0 aromatic carbocycles. The lowest BCUT2D eigenvalue weighted by Crippen LogP contribution is -2.53. The van der Waals surface area contributed by atoms with E-state index in [-0.39, 0.29) is 5.91 Å². The maximum atomic E-state index is 12.7. The minimum atomic E-state index is -0.656. The van der Waals surface area contributed by atoms with E-state index in [1.807, 2.05) is 18.7 Å². The fraction of sp³-hybridized carbons (Fsp3) is 0.867. The maximum absolute atomic E-state index is 12.7. The van der Waals surface area contributed by atoms with Gasteiger partial charge in [0, 0.05) is 13.1 Å². The van der Waals surface area contributed by atoms with Gasteiger partial charge in [-0.25, -0.2) is 0 Å². The average molecular weight is 282 g/mol. The zero-order valence-electron chi connectivity index (χ0n) is 12.2. The van der Waals surface area contributed by atoms with Crippen molar-refractivity contribution in [2.45, 2.75) is 52.4 Å². The van der Waals surface area contributed by atoms with Gasteiger partial charge in [-0.15, -0.1) is 0 Å². The molecule has 4 heteroatoms. The first-order valence-electron chi connectivity index (χ1n) is 7.58. The fourth-order valence-electron chi connectivity index (χ4n) is 3.57. The molecule has 0 radical (unpaired) electrons. The SMILES string of the molecule is CCC(C)(C(=O)N1CCC2CCCCC2C1)C(N)=S. The molecule has 1 aliphatic heterocycles. The van der Waals surface area contributed by atoms with Crippen molar-refractivity contribution in [3.8, 4) is 0 Å². The van der Waals surface area contributed by atoms with Crippen LogP contribution in [0.15, 0.2) is 0 Å². The van der Waals surface area contributed by atoms with E-state index >= 15 is 0 Å². The van der Waals surface area contributed by atoms with Crippen LogP contribution in [0.2, 0.25) is 0 Å². The molecular weight excluding hydrogens is 256 g/mol. The Kier molecular flexibility index (Phi) is 4.49. The number of piperidine rings is 1. The van der Waals surface area contributed by atoms with Crippen LogP contribution in [0.1, 0.15) is 52.4 Å². The molecule has 2 fully saturated rings. The lowest BCUT2D eigenvalue weighted by Gasteiger charge is -2.43. The van der Waals surface area contributed by atoms with E-state index in [4.69, 9.17) is 18.0 Å². The average Bonchev–Trinajstić information content (AvgIpc) is 2.44. The van der Waals surface area contributed by atoms with E-state index in [0.29, 0.717) is 17.3 Å². The molecule has 1 heterocycles. The minimum Gasteiger partial charge on any atom is -0.392 e. The second kappa shape index (κ2) is 5.78. The van der Waals surface area contributed by atoms with Crippen LogP contribution in [-0.4, -0.2) is 28.9 Å². The van der Waals surface area contributed by atoms with Gasteiger partial charge in [-0.2, -0.15) is 0 Å². The number of fused-ring (bicyclic) bond motifs is 1. The third-order valence-corrected chi connectivity index (χ3v) is 5.75. The highest BCUT2D eigenvalue weighted by atomic mass is 32.1. The second-order valence-corrected chi connectivity index (χ2v) is 6.83. The standard InChI is InChI=1S/C15H26N2OS/c1-3-15(2,13(16)19)14(18)17-9-8-11-6-4-5-7-12(11)10-17/h11-12H,3-10H2,1-2H3,(H2,16,19). The molecule has 3 nitrogen and oxygen atoms in total. The molecule has 0 aromatic heterocycles. The number of hydrogen-bond donors (Lipinski definition) is 1. The zero-order valence-corrected chi connectivity index (χ0v) is 13.0. The van der Waals surface area contributed by atoms with Crippen molar-refractivity contribution < 1.29 is 4.79 Å². The molecule has 2 rings (SSSR count). The summed E-state index contributed by atoms with van der Waals surface area (Å²) in [5.41, 5.74) is 5.15. The Morgan fingerprint density at radius 2 is 1.95 bits per heavy atom. The van der Waals surface area contributed by atoms with Gasteiger partial charge in [-0.3, -0.25) is 4.79 Å². The molecule has 1 aliphatic carbocycles. The van der Waals surface area contributed by atoms with Crippen molar-refractivity contribution in [2.24, 2.45) is 23.0 Å². The largest absolute Gasteiger partial charge is 0.392 e. The highest BCUT2D eigenvalue weighted by Gasteiger charge is 2.41. The van der Waals surface area contributed by atoms with Crippen molar-refractivity contribution in [1.29, 1.82) is 0 Å². The van der Waals surface area contributed by atoms with Crippen LogP contribution in [0.4, 0.5) is 0 Å². The minimum absolute atomic E-state index is 0.145. The van der Waals surface area contributed by atoms with Crippen molar-refractivity contribution in [1.82, 2.24) is 4.90 Å². The Balaban J connectivity index is 2.06. The van der Waals surface area contributed by atoms with Crippen LogP contribution in [0.25, 0.3) is 0 Å². The van der Waals surface area contributed by atoms with Crippen molar-refractivity contribution in [2.75, 3.05) is 13.1 Å². The lowest BCUT2D eigenvalue weighted by molar-refractivity contribution is -0.141. The number of hydrogen-bond acceptors (Lipinski definition) is 2. The highest BCUT2D eigenvalue weighted by Crippen LogP contribution is 2.37. The molecule has 0 spiro atoms. The third-order valence-electron chi connectivity index (χ3n) is 5.30. The van der Waals surface area contributed by atoms with Crippen LogP contribution >= 0.6 is 12.2 Å². The third kappa shape index (κ3) is 2.78. The number of thiocarbonyl (C=S) groups is 1. The molecule has 0 bridgehead atoms. The predicted octanol–water partition coefficient (Wildman–Crippen LogP) is 2.73. The Labute approximate surface area is 121 Å². The molecule has 1 saturated carbocycles. The molecule has 0 aromatic rings. The first kappa shape index (κ1) is 14.8. The summed E-state index contributed by atoms with van der Waals surface area (Å²) < 4.78 is 0. The number of amides is 1. The molecule has 1 saturated heterocycles. The van der Waals surface area contributed by atoms with Gasteiger partial charge in [0.2, 0.25) is 5.91 Å². The molecule has 19 heavy (non-hydrogen) atoms. The van der Waals surface area contributed by atoms with Crippen LogP contribution in [0, 0.1) is 17.3 Å². The predicted molar refractivity (Wildman–Crippen MR) is 81.8 cm³/mol. The Morgan fingerprint density at radius 1 is 1.32 bits per heavy atom. The smallest absolute Gasteiger partial charge is 0.235 e. The maximum Gasteiger partial charge on any atom is 0.235 e. The van der Waals surface area contributed by atoms with Crippen molar-refractivity contribution in [3.63, 3.8) is 0 Å². The molecular formula is C15H26N2OS. The van der Waals surface area contributed by atoms with Crippen molar-refractivity contribution in [3.05, 3.63) is 0 Å². The monoisotopic (exact) mass is 282 g/mol. The van der Waals surface area contributed by atoms with Crippen LogP contribution in [-0.2, 0) is 4.79 Å². The Bertz CT molecular complexity index is 371. The molecule has 3 atom stereocenters. The van der Waals surface area contributed by atoms with Gasteiger partial charge in [-0.1, -0.05) is 38.4 Å². The number of carbonyl (C=O) groups excluding carboxylic acids is 1. The van der Waals surface area contributed by atoms with E-state index in [0.717, 1.165) is 25.4 Å². The van der Waals surface area contributed by atoms with Crippen LogP contribution < -0.4 is 5.73 Å². The Hall–Kier alpha value is -0.640. The topological polar surface area (TPSA) is 46.3 Å². The van der Waals surface area contributed by atoms with Gasteiger partial charge in [0.15, 0.2) is 0 Å². The molecule has 2 aliphatic rings. The van der Waals surface area contributed by atoms with Gasteiger partial charge < -0.3 is 10.6 Å². The molecule has 2 N–H and O–H groups in total. The number of nitrogens with two attached hydrogens (primary N) is 1. The number of likely N-dealkylation sites (tertiary alicyclic amines) is 1. The summed E-state index contributed by atoms with van der Waals surface area (Å²) in [6, 6.07) is 0. The van der Waals surface area contributed by atoms with E-state index in [9.17, 15) is 4.79 Å². The summed E-state index contributed by atoms with van der Waals surface area (Å²) in [6.07, 6.45) is 7.18. The molecule has 108 valence electrons. The summed E-state index contributed by atoms with van der Waals surface area (Å²) in [5.74, 6) is 1.70. The van der Waals surface area contributed by atoms with E-state index in [1.54, 1.807) is 0 Å². The molecule has 1 amide bonds. The number of rotatable bonds is 3. The second-order valence-electron chi connectivity index (χ2n) is 6.39. The first-order chi connectivity index (χ1) is 8.99. The van der Waals surface area contributed by atoms with Crippen LogP contribution in [0.3, 0.4) is 0 Å². The van der Waals surface area contributed by atoms with E-state index < -0.39 is 5.41 Å². The van der Waals surface area contributed by atoms with Gasteiger partial charge >= 0.3 is 0 Å². The van der Waals surface area contributed by atoms with Gasteiger partial charge in [0.05, 0.1) is 10.4 Å². The Morgan fingerprint density at radius 3 is 2.53 bits per heavy atom. The van der Waals surface area contributed by atoms with E-state index in [1.165, 1.54) is 25.7 Å². The van der Waals surface area contributed by atoms with Crippen LogP contribution in [0.5, 0.6) is 0 Å². The summed E-state index contributed by atoms with van der Waals surface area (Å²) >= 11 is 5.12. The van der Waals surface area contributed by atoms with Crippen molar-refractivity contribution >= 4 is 23.1 Å². The van der Waals surface area contributed by atoms with Gasteiger partial charge in [0.25, 0.3) is 0 Å². The summed E-state index contributed by atoms with van der Waals surface area (Å²) in [5, 5.41) is 0. The molecule has 3 unspecified atom stereocenters. The summed E-state index contributed by atoms with van der Waals surface area (Å²) in [4.78, 5) is 15.1. The number of carbonyl (C=O) groups is 1. The highest BCUT2D eigenvalue weighted by molar-refractivity contribution is 7.80. The van der Waals surface area contributed by atoms with Gasteiger partial charge in [-0.05, 0) is 38.0 Å². The summed E-state index contributed by atoms with van der Waals surface area (Å²) in [7, 11) is 0. The zero-order chi connectivity index (χ0) is 14.0. The lowest BCUT2D eigenvalue weighted by atomic mass is 9.74. The number of nitrogens with zero attached hydrogens (tertiary/aromatic N) is 1. The summed E-state index contributed by atoms with van der Waals surface area (Å²) in [6.45, 7) is 5.69. The quantitative estimate of drug-likeness (QED) is 0.810. The van der Waals surface area contributed by atoms with E-state index in [2.05, 4.69) is 0 Å². The first-order valence-corrected chi connectivity index (χ1v) is 7.99.